The van der Waals surface area contributed by atoms with Gasteiger partial charge in [0.05, 0.1) is 0 Å². The lowest BCUT2D eigenvalue weighted by Gasteiger charge is -2.13. The molecule has 0 fully saturated rings. The highest BCUT2D eigenvalue weighted by molar-refractivity contribution is 5.26. The van der Waals surface area contributed by atoms with Crippen molar-refractivity contribution in [2.45, 2.75) is 46.1 Å². The molecule has 0 saturated heterocycles. The molecule has 0 aliphatic rings. The lowest BCUT2D eigenvalue weighted by atomic mass is 9.92. The topological polar surface area (TPSA) is 39.2 Å². The predicted molar refractivity (Wildman–Crippen MR) is 54.7 cm³/mol. The van der Waals surface area contributed by atoms with E-state index in [0.717, 1.165) is 17.1 Å². The van der Waals surface area contributed by atoms with Crippen LogP contribution in [0.4, 0.5) is 0 Å². The Labute approximate surface area is 80.1 Å². The Kier molecular flexibility index (Phi) is 2.53. The summed E-state index contributed by atoms with van der Waals surface area (Å²) in [5.41, 5.74) is 6.99. The maximum absolute atomic E-state index is 5.81. The minimum atomic E-state index is 0.0554. The van der Waals surface area contributed by atoms with Crippen molar-refractivity contribution in [1.29, 1.82) is 0 Å². The Morgan fingerprint density at radius 3 is 2.15 bits per heavy atom. The first-order valence-corrected chi connectivity index (χ1v) is 4.68. The molecule has 74 valence electrons. The molecule has 0 saturated carbocycles. The third kappa shape index (κ3) is 2.13. The standard InChI is InChI=1S/C11H19NO/c1-7(12)9-6-10(11(3,4)5)13-8(9)2/h6-7H,12H2,1-5H3/t7-/m0/s1. The summed E-state index contributed by atoms with van der Waals surface area (Å²) < 4.78 is 5.66. The van der Waals surface area contributed by atoms with Crippen molar-refractivity contribution in [3.63, 3.8) is 0 Å². The lowest BCUT2D eigenvalue weighted by Crippen LogP contribution is -2.09. The average Bonchev–Trinajstić information content (AvgIpc) is 2.29. The quantitative estimate of drug-likeness (QED) is 0.723. The molecule has 0 aromatic carbocycles. The Hall–Kier alpha value is -0.760. The lowest BCUT2D eigenvalue weighted by molar-refractivity contribution is 0.394. The van der Waals surface area contributed by atoms with Crippen LogP contribution in [0.15, 0.2) is 10.5 Å². The molecule has 13 heavy (non-hydrogen) atoms. The zero-order valence-corrected chi connectivity index (χ0v) is 9.14. The Bertz CT molecular complexity index is 292. The van der Waals surface area contributed by atoms with Gasteiger partial charge in [-0.1, -0.05) is 20.8 Å². The van der Waals surface area contributed by atoms with Crippen molar-refractivity contribution >= 4 is 0 Å². The molecule has 0 aliphatic carbocycles. The molecule has 1 heterocycles. The number of hydrogen-bond donors (Lipinski definition) is 1. The normalized spacial score (nSPS) is 14.6. The maximum Gasteiger partial charge on any atom is 0.109 e. The number of furan rings is 1. The minimum Gasteiger partial charge on any atom is -0.465 e. The van der Waals surface area contributed by atoms with Gasteiger partial charge in [-0.3, -0.25) is 0 Å². The zero-order valence-electron chi connectivity index (χ0n) is 9.14. The van der Waals surface area contributed by atoms with Crippen LogP contribution in [0.5, 0.6) is 0 Å². The molecule has 1 aromatic heterocycles. The van der Waals surface area contributed by atoms with Gasteiger partial charge in [0.1, 0.15) is 11.5 Å². The Morgan fingerprint density at radius 1 is 1.38 bits per heavy atom. The summed E-state index contributed by atoms with van der Waals surface area (Å²) in [4.78, 5) is 0. The van der Waals surface area contributed by atoms with E-state index in [4.69, 9.17) is 10.2 Å². The van der Waals surface area contributed by atoms with E-state index in [0.29, 0.717) is 0 Å². The molecule has 2 N–H and O–H groups in total. The first-order chi connectivity index (χ1) is 5.82. The van der Waals surface area contributed by atoms with E-state index in [2.05, 4.69) is 26.8 Å². The van der Waals surface area contributed by atoms with Gasteiger partial charge in [-0.25, -0.2) is 0 Å². The summed E-state index contributed by atoms with van der Waals surface area (Å²) in [5, 5.41) is 0. The second-order valence-electron chi connectivity index (χ2n) is 4.66. The molecule has 1 rings (SSSR count). The number of aryl methyl sites for hydroxylation is 1. The highest BCUT2D eigenvalue weighted by Crippen LogP contribution is 2.28. The highest BCUT2D eigenvalue weighted by atomic mass is 16.3. The molecule has 0 spiro atoms. The van der Waals surface area contributed by atoms with Crippen LogP contribution in [-0.2, 0) is 5.41 Å². The van der Waals surface area contributed by atoms with Crippen molar-refractivity contribution in [3.05, 3.63) is 23.2 Å². The van der Waals surface area contributed by atoms with E-state index in [1.807, 2.05) is 13.8 Å². The molecule has 2 nitrogen and oxygen atoms in total. The summed E-state index contributed by atoms with van der Waals surface area (Å²) in [7, 11) is 0. The van der Waals surface area contributed by atoms with Crippen LogP contribution in [0.1, 0.15) is 50.8 Å². The molecular formula is C11H19NO. The fourth-order valence-corrected chi connectivity index (χ4v) is 1.32. The Balaban J connectivity index is 3.10. The van der Waals surface area contributed by atoms with Crippen LogP contribution in [0.25, 0.3) is 0 Å². The van der Waals surface area contributed by atoms with Gasteiger partial charge >= 0.3 is 0 Å². The molecule has 2 heteroatoms. The van der Waals surface area contributed by atoms with Gasteiger partial charge in [0.25, 0.3) is 0 Å². The highest BCUT2D eigenvalue weighted by Gasteiger charge is 2.21. The second-order valence-corrected chi connectivity index (χ2v) is 4.66. The van der Waals surface area contributed by atoms with Crippen molar-refractivity contribution in [2.75, 3.05) is 0 Å². The molecule has 0 unspecified atom stereocenters. The monoisotopic (exact) mass is 181 g/mol. The van der Waals surface area contributed by atoms with Gasteiger partial charge in [0.15, 0.2) is 0 Å². The van der Waals surface area contributed by atoms with Crippen LogP contribution >= 0.6 is 0 Å². The molecule has 1 atom stereocenters. The second kappa shape index (κ2) is 3.18. The van der Waals surface area contributed by atoms with Crippen LogP contribution in [0.3, 0.4) is 0 Å². The summed E-state index contributed by atoms with van der Waals surface area (Å²) >= 11 is 0. The smallest absolute Gasteiger partial charge is 0.109 e. The number of rotatable bonds is 1. The van der Waals surface area contributed by atoms with Crippen LogP contribution in [-0.4, -0.2) is 0 Å². The van der Waals surface area contributed by atoms with E-state index in [-0.39, 0.29) is 11.5 Å². The molecule has 0 radical (unpaired) electrons. The average molecular weight is 181 g/mol. The van der Waals surface area contributed by atoms with Crippen LogP contribution in [0.2, 0.25) is 0 Å². The maximum atomic E-state index is 5.81. The van der Waals surface area contributed by atoms with E-state index >= 15 is 0 Å². The molecule has 1 aromatic rings. The summed E-state index contributed by atoms with van der Waals surface area (Å²) in [6.07, 6.45) is 0. The van der Waals surface area contributed by atoms with Gasteiger partial charge in [-0.2, -0.15) is 0 Å². The van der Waals surface area contributed by atoms with Gasteiger partial charge in [0.2, 0.25) is 0 Å². The van der Waals surface area contributed by atoms with Crippen molar-refractivity contribution in [1.82, 2.24) is 0 Å². The fraction of sp³-hybridized carbons (Fsp3) is 0.636. The van der Waals surface area contributed by atoms with E-state index < -0.39 is 0 Å². The molecular weight excluding hydrogens is 162 g/mol. The third-order valence-electron chi connectivity index (χ3n) is 2.19. The first-order valence-electron chi connectivity index (χ1n) is 4.68. The van der Waals surface area contributed by atoms with Crippen molar-refractivity contribution in [2.24, 2.45) is 5.73 Å². The zero-order chi connectivity index (χ0) is 10.2. The summed E-state index contributed by atoms with van der Waals surface area (Å²) in [6.45, 7) is 10.3. The molecule has 0 bridgehead atoms. The van der Waals surface area contributed by atoms with Gasteiger partial charge < -0.3 is 10.2 Å². The first kappa shape index (κ1) is 10.3. The van der Waals surface area contributed by atoms with Crippen LogP contribution in [0, 0.1) is 6.92 Å². The fourth-order valence-electron chi connectivity index (χ4n) is 1.32. The van der Waals surface area contributed by atoms with E-state index in [9.17, 15) is 0 Å². The predicted octanol–water partition coefficient (Wildman–Crippen LogP) is 2.91. The molecule has 0 amide bonds. The largest absolute Gasteiger partial charge is 0.465 e. The summed E-state index contributed by atoms with van der Waals surface area (Å²) in [5.74, 6) is 1.96. The third-order valence-corrected chi connectivity index (χ3v) is 2.19. The van der Waals surface area contributed by atoms with Gasteiger partial charge in [-0.15, -0.1) is 0 Å². The van der Waals surface area contributed by atoms with E-state index in [1.54, 1.807) is 0 Å². The SMILES string of the molecule is Cc1oc(C(C)(C)C)cc1[C@H](C)N. The number of nitrogens with two attached hydrogens (primary N) is 1. The van der Waals surface area contributed by atoms with Gasteiger partial charge in [-0.05, 0) is 19.9 Å². The van der Waals surface area contributed by atoms with Crippen molar-refractivity contribution in [3.8, 4) is 0 Å². The Morgan fingerprint density at radius 2 is 1.92 bits per heavy atom. The van der Waals surface area contributed by atoms with Gasteiger partial charge in [0, 0.05) is 17.0 Å². The number of hydrogen-bond acceptors (Lipinski definition) is 2. The summed E-state index contributed by atoms with van der Waals surface area (Å²) in [6, 6.07) is 2.12. The van der Waals surface area contributed by atoms with Crippen molar-refractivity contribution < 1.29 is 4.42 Å². The van der Waals surface area contributed by atoms with E-state index in [1.165, 1.54) is 0 Å². The van der Waals surface area contributed by atoms with Crippen LogP contribution < -0.4 is 5.73 Å². The minimum absolute atomic E-state index is 0.0554. The molecule has 0 aliphatic heterocycles.